The van der Waals surface area contributed by atoms with Gasteiger partial charge in [0, 0.05) is 39.1 Å². The first kappa shape index (κ1) is 16.7. The lowest BCUT2D eigenvalue weighted by atomic mass is 10.0. The largest absolute Gasteiger partial charge is 0.340 e. The molecule has 7 heteroatoms. The summed E-state index contributed by atoms with van der Waals surface area (Å²) in [6.07, 6.45) is 4.88. The minimum atomic E-state index is -3.25. The molecule has 0 atom stereocenters. The molecular weight excluding hydrogens is 290 g/mol. The molecule has 0 unspecified atom stereocenters. The van der Waals surface area contributed by atoms with Gasteiger partial charge < -0.3 is 9.80 Å². The molecule has 1 saturated heterocycles. The number of amides is 1. The van der Waals surface area contributed by atoms with Gasteiger partial charge in [-0.05, 0) is 19.9 Å². The number of sulfonamides is 1. The first-order valence-electron chi connectivity index (χ1n) is 7.94. The molecule has 0 aromatic rings. The fraction of sp³-hybridized carbons (Fsp3) is 0.929. The normalized spacial score (nSPS) is 22.4. The fourth-order valence-electron chi connectivity index (χ4n) is 3.01. The summed E-state index contributed by atoms with van der Waals surface area (Å²) in [6.45, 7) is 3.48. The van der Waals surface area contributed by atoms with Crippen LogP contribution >= 0.6 is 0 Å². The van der Waals surface area contributed by atoms with Crippen LogP contribution in [0.2, 0.25) is 0 Å². The molecule has 122 valence electrons. The number of nitrogens with zero attached hydrogens (tertiary/aromatic N) is 2. The van der Waals surface area contributed by atoms with Crippen LogP contribution in [0.15, 0.2) is 0 Å². The van der Waals surface area contributed by atoms with E-state index < -0.39 is 10.0 Å². The van der Waals surface area contributed by atoms with Crippen molar-refractivity contribution in [2.24, 2.45) is 0 Å². The monoisotopic (exact) mass is 317 g/mol. The second-order valence-electron chi connectivity index (χ2n) is 6.13. The zero-order valence-electron chi connectivity index (χ0n) is 12.9. The van der Waals surface area contributed by atoms with E-state index in [2.05, 4.69) is 9.62 Å². The van der Waals surface area contributed by atoms with Crippen LogP contribution in [0.4, 0.5) is 0 Å². The van der Waals surface area contributed by atoms with Crippen molar-refractivity contribution in [1.29, 1.82) is 0 Å². The Labute approximate surface area is 127 Å². The summed E-state index contributed by atoms with van der Waals surface area (Å²) >= 11 is 0. The van der Waals surface area contributed by atoms with Crippen LogP contribution in [0.1, 0.15) is 38.5 Å². The van der Waals surface area contributed by atoms with Crippen LogP contribution in [-0.4, -0.2) is 69.1 Å². The number of rotatable bonds is 5. The third-order valence-electron chi connectivity index (χ3n) is 4.49. The van der Waals surface area contributed by atoms with E-state index in [4.69, 9.17) is 0 Å². The van der Waals surface area contributed by atoms with E-state index in [1.54, 1.807) is 0 Å². The predicted molar refractivity (Wildman–Crippen MR) is 82.5 cm³/mol. The second kappa shape index (κ2) is 7.56. The summed E-state index contributed by atoms with van der Waals surface area (Å²) in [5.41, 5.74) is 0. The maximum atomic E-state index is 12.1. The van der Waals surface area contributed by atoms with E-state index in [1.807, 2.05) is 11.9 Å². The minimum Gasteiger partial charge on any atom is -0.340 e. The number of carbonyl (C=O) groups is 1. The van der Waals surface area contributed by atoms with Crippen LogP contribution in [0.25, 0.3) is 0 Å². The number of hydrogen-bond donors (Lipinski definition) is 1. The van der Waals surface area contributed by atoms with Gasteiger partial charge in [0.05, 0.1) is 5.25 Å². The summed E-state index contributed by atoms with van der Waals surface area (Å²) < 4.78 is 26.9. The number of likely N-dealkylation sites (N-methyl/N-ethyl adjacent to an activating group) is 1. The van der Waals surface area contributed by atoms with Crippen molar-refractivity contribution in [3.05, 3.63) is 0 Å². The molecular formula is C14H27N3O3S. The Morgan fingerprint density at radius 2 is 1.71 bits per heavy atom. The maximum absolute atomic E-state index is 12.1. The Morgan fingerprint density at radius 3 is 2.33 bits per heavy atom. The Kier molecular flexibility index (Phi) is 6.01. The number of piperazine rings is 1. The maximum Gasteiger partial charge on any atom is 0.223 e. The molecule has 2 aliphatic rings. The first-order valence-corrected chi connectivity index (χ1v) is 9.48. The molecule has 2 rings (SSSR count). The molecule has 0 aromatic carbocycles. The van der Waals surface area contributed by atoms with Gasteiger partial charge in [-0.25, -0.2) is 13.1 Å². The first-order chi connectivity index (χ1) is 9.99. The van der Waals surface area contributed by atoms with Gasteiger partial charge in [0.2, 0.25) is 15.9 Å². The van der Waals surface area contributed by atoms with Gasteiger partial charge in [-0.3, -0.25) is 4.79 Å². The molecule has 1 aliphatic carbocycles. The minimum absolute atomic E-state index is 0.0504. The molecule has 1 N–H and O–H groups in total. The van der Waals surface area contributed by atoms with Crippen molar-refractivity contribution in [3.63, 3.8) is 0 Å². The molecule has 6 nitrogen and oxygen atoms in total. The van der Waals surface area contributed by atoms with Gasteiger partial charge in [-0.15, -0.1) is 0 Å². The standard InChI is InChI=1S/C14H27N3O3S/c1-16-9-11-17(12-10-16)14(18)7-8-15-21(19,20)13-5-3-2-4-6-13/h13,15H,2-12H2,1H3. The van der Waals surface area contributed by atoms with Gasteiger partial charge in [-0.1, -0.05) is 19.3 Å². The van der Waals surface area contributed by atoms with Crippen LogP contribution in [0, 0.1) is 0 Å². The van der Waals surface area contributed by atoms with Gasteiger partial charge in [-0.2, -0.15) is 0 Å². The Bertz CT molecular complexity index is 438. The summed E-state index contributed by atoms with van der Waals surface area (Å²) in [7, 11) is -1.21. The Hall–Kier alpha value is -0.660. The van der Waals surface area contributed by atoms with E-state index in [1.165, 1.54) is 0 Å². The molecule has 0 spiro atoms. The van der Waals surface area contributed by atoms with Gasteiger partial charge >= 0.3 is 0 Å². The van der Waals surface area contributed by atoms with E-state index >= 15 is 0 Å². The molecule has 0 bridgehead atoms. The van der Waals surface area contributed by atoms with E-state index in [-0.39, 0.29) is 24.1 Å². The summed E-state index contributed by atoms with van der Waals surface area (Å²) in [5, 5.41) is -0.259. The van der Waals surface area contributed by atoms with Crippen molar-refractivity contribution in [2.45, 2.75) is 43.8 Å². The lowest BCUT2D eigenvalue weighted by molar-refractivity contribution is -0.132. The molecule has 1 aliphatic heterocycles. The highest BCUT2D eigenvalue weighted by Gasteiger charge is 2.27. The molecule has 1 heterocycles. The highest BCUT2D eigenvalue weighted by atomic mass is 32.2. The van der Waals surface area contributed by atoms with Crippen molar-refractivity contribution >= 4 is 15.9 Å². The highest BCUT2D eigenvalue weighted by Crippen LogP contribution is 2.22. The van der Waals surface area contributed by atoms with Crippen LogP contribution in [0.5, 0.6) is 0 Å². The van der Waals surface area contributed by atoms with Crippen LogP contribution < -0.4 is 4.72 Å². The molecule has 0 aromatic heterocycles. The SMILES string of the molecule is CN1CCN(C(=O)CCNS(=O)(=O)C2CCCCC2)CC1. The Morgan fingerprint density at radius 1 is 1.10 bits per heavy atom. The van der Waals surface area contributed by atoms with Crippen LogP contribution in [0.3, 0.4) is 0 Å². The lowest BCUT2D eigenvalue weighted by Gasteiger charge is -2.32. The van der Waals surface area contributed by atoms with Gasteiger partial charge in [0.1, 0.15) is 0 Å². The van der Waals surface area contributed by atoms with Gasteiger partial charge in [0.25, 0.3) is 0 Å². The van der Waals surface area contributed by atoms with Crippen molar-refractivity contribution in [2.75, 3.05) is 39.8 Å². The van der Waals surface area contributed by atoms with Gasteiger partial charge in [0.15, 0.2) is 0 Å². The molecule has 1 amide bonds. The third kappa shape index (κ3) is 4.93. The zero-order valence-corrected chi connectivity index (χ0v) is 13.7. The van der Waals surface area contributed by atoms with Crippen molar-refractivity contribution in [3.8, 4) is 0 Å². The molecule has 1 saturated carbocycles. The average molecular weight is 317 g/mol. The molecule has 2 fully saturated rings. The fourth-order valence-corrected chi connectivity index (χ4v) is 4.58. The molecule has 0 radical (unpaired) electrons. The summed E-state index contributed by atoms with van der Waals surface area (Å²) in [5.74, 6) is 0.0504. The van der Waals surface area contributed by atoms with Crippen molar-refractivity contribution in [1.82, 2.24) is 14.5 Å². The average Bonchev–Trinajstić information content (AvgIpc) is 2.48. The van der Waals surface area contributed by atoms with Crippen molar-refractivity contribution < 1.29 is 13.2 Å². The summed E-state index contributed by atoms with van der Waals surface area (Å²) in [6, 6.07) is 0. The van der Waals surface area contributed by atoms with Crippen LogP contribution in [-0.2, 0) is 14.8 Å². The predicted octanol–water partition coefficient (Wildman–Crippen LogP) is 0.403. The third-order valence-corrected chi connectivity index (χ3v) is 6.44. The summed E-state index contributed by atoms with van der Waals surface area (Å²) in [4.78, 5) is 16.1. The quantitative estimate of drug-likeness (QED) is 0.797. The van der Waals surface area contributed by atoms with E-state index in [0.717, 1.165) is 58.3 Å². The van der Waals surface area contributed by atoms with E-state index in [0.29, 0.717) is 0 Å². The number of carbonyl (C=O) groups excluding carboxylic acids is 1. The highest BCUT2D eigenvalue weighted by molar-refractivity contribution is 7.90. The lowest BCUT2D eigenvalue weighted by Crippen LogP contribution is -2.48. The molecule has 21 heavy (non-hydrogen) atoms. The topological polar surface area (TPSA) is 69.7 Å². The number of nitrogens with one attached hydrogen (secondary N) is 1. The smallest absolute Gasteiger partial charge is 0.223 e. The Balaban J connectivity index is 1.71. The zero-order chi connectivity index (χ0) is 15.3. The van der Waals surface area contributed by atoms with E-state index in [9.17, 15) is 13.2 Å². The second-order valence-corrected chi connectivity index (χ2v) is 8.18. The number of hydrogen-bond acceptors (Lipinski definition) is 4.